The molecule has 1 saturated carbocycles. The van der Waals surface area contributed by atoms with E-state index in [1.54, 1.807) is 7.11 Å². The molecule has 0 amide bonds. The number of nitrogens with zero attached hydrogens (tertiary/aromatic N) is 2. The summed E-state index contributed by atoms with van der Waals surface area (Å²) in [5, 5.41) is 10.2. The Morgan fingerprint density at radius 2 is 1.74 bits per heavy atom. The minimum atomic E-state index is -0.102. The molecular weight excluding hydrogens is 288 g/mol. The summed E-state index contributed by atoms with van der Waals surface area (Å²) < 4.78 is 5.21. The number of piperazine rings is 1. The molecule has 2 aliphatic rings. The standard InChI is InChI=1S/C19H30N2O2/c1-23-17-8-6-16(7-9-17)10-11-20-12-14-21(15-13-20)18-4-2-3-5-19(18)22/h6-9,18-19,22H,2-5,10-15H2,1H3/t18-,19-/m1/s1. The Morgan fingerprint density at radius 1 is 1.04 bits per heavy atom. The lowest BCUT2D eigenvalue weighted by molar-refractivity contribution is -0.00329. The molecule has 0 bridgehead atoms. The van der Waals surface area contributed by atoms with E-state index in [1.165, 1.54) is 24.8 Å². The molecule has 4 heteroatoms. The molecule has 1 heterocycles. The van der Waals surface area contributed by atoms with Gasteiger partial charge in [0.05, 0.1) is 13.2 Å². The second kappa shape index (κ2) is 8.13. The fourth-order valence-corrected chi connectivity index (χ4v) is 3.92. The van der Waals surface area contributed by atoms with Crippen LogP contribution in [0, 0.1) is 0 Å². The van der Waals surface area contributed by atoms with Gasteiger partial charge in [0.25, 0.3) is 0 Å². The van der Waals surface area contributed by atoms with Crippen LogP contribution in [0.25, 0.3) is 0 Å². The summed E-state index contributed by atoms with van der Waals surface area (Å²) in [6.45, 7) is 5.57. The summed E-state index contributed by atoms with van der Waals surface area (Å²) in [6.07, 6.45) is 5.62. The first kappa shape index (κ1) is 16.7. The highest BCUT2D eigenvalue weighted by Gasteiger charge is 2.30. The van der Waals surface area contributed by atoms with Crippen LogP contribution >= 0.6 is 0 Å². The lowest BCUT2D eigenvalue weighted by atomic mass is 9.91. The third kappa shape index (κ3) is 4.46. The molecule has 1 aromatic rings. The Labute approximate surface area is 140 Å². The summed E-state index contributed by atoms with van der Waals surface area (Å²) in [5.41, 5.74) is 1.37. The lowest BCUT2D eigenvalue weighted by Crippen LogP contribution is -2.54. The van der Waals surface area contributed by atoms with E-state index in [9.17, 15) is 5.11 Å². The van der Waals surface area contributed by atoms with Crippen LogP contribution in [0.15, 0.2) is 24.3 Å². The molecule has 0 aromatic heterocycles. The number of methoxy groups -OCH3 is 1. The number of ether oxygens (including phenoxy) is 1. The molecule has 0 unspecified atom stereocenters. The van der Waals surface area contributed by atoms with Crippen LogP contribution in [-0.2, 0) is 6.42 Å². The molecule has 4 nitrogen and oxygen atoms in total. The number of rotatable bonds is 5. The van der Waals surface area contributed by atoms with Crippen molar-refractivity contribution in [3.8, 4) is 5.75 Å². The van der Waals surface area contributed by atoms with Gasteiger partial charge in [-0.05, 0) is 37.0 Å². The second-order valence-corrected chi connectivity index (χ2v) is 6.89. The van der Waals surface area contributed by atoms with E-state index in [-0.39, 0.29) is 6.10 Å². The first-order chi connectivity index (χ1) is 11.3. The number of aliphatic hydroxyl groups excluding tert-OH is 1. The molecule has 1 aromatic carbocycles. The van der Waals surface area contributed by atoms with Crippen LogP contribution in [0.1, 0.15) is 31.2 Å². The highest BCUT2D eigenvalue weighted by atomic mass is 16.5. The van der Waals surface area contributed by atoms with Crippen molar-refractivity contribution >= 4 is 0 Å². The number of hydrogen-bond acceptors (Lipinski definition) is 4. The van der Waals surface area contributed by atoms with Gasteiger partial charge in [0.15, 0.2) is 0 Å². The molecule has 1 aliphatic heterocycles. The van der Waals surface area contributed by atoms with E-state index >= 15 is 0 Å². The van der Waals surface area contributed by atoms with E-state index in [2.05, 4.69) is 21.9 Å². The fraction of sp³-hybridized carbons (Fsp3) is 0.684. The summed E-state index contributed by atoms with van der Waals surface area (Å²) in [6, 6.07) is 8.81. The van der Waals surface area contributed by atoms with Gasteiger partial charge < -0.3 is 14.7 Å². The van der Waals surface area contributed by atoms with Crippen molar-refractivity contribution in [1.29, 1.82) is 0 Å². The van der Waals surface area contributed by atoms with E-state index in [0.717, 1.165) is 51.3 Å². The van der Waals surface area contributed by atoms with Crippen molar-refractivity contribution in [3.63, 3.8) is 0 Å². The minimum Gasteiger partial charge on any atom is -0.497 e. The van der Waals surface area contributed by atoms with E-state index < -0.39 is 0 Å². The Bertz CT molecular complexity index is 469. The Hall–Kier alpha value is -1.10. The van der Waals surface area contributed by atoms with Crippen LogP contribution in [0.4, 0.5) is 0 Å². The number of aliphatic hydroxyl groups is 1. The molecular formula is C19H30N2O2. The summed E-state index contributed by atoms with van der Waals surface area (Å²) in [4.78, 5) is 5.07. The maximum atomic E-state index is 10.2. The van der Waals surface area contributed by atoms with Crippen molar-refractivity contribution in [3.05, 3.63) is 29.8 Å². The molecule has 2 atom stereocenters. The smallest absolute Gasteiger partial charge is 0.118 e. The molecule has 0 radical (unpaired) electrons. The lowest BCUT2D eigenvalue weighted by Gasteiger charge is -2.42. The molecule has 23 heavy (non-hydrogen) atoms. The van der Waals surface area contributed by atoms with Crippen LogP contribution in [0.5, 0.6) is 5.75 Å². The maximum absolute atomic E-state index is 10.2. The average Bonchev–Trinajstić information content (AvgIpc) is 2.61. The van der Waals surface area contributed by atoms with E-state index in [0.29, 0.717) is 6.04 Å². The highest BCUT2D eigenvalue weighted by molar-refractivity contribution is 5.27. The van der Waals surface area contributed by atoms with Gasteiger partial charge in [-0.25, -0.2) is 0 Å². The van der Waals surface area contributed by atoms with Crippen molar-refractivity contribution in [2.24, 2.45) is 0 Å². The van der Waals surface area contributed by atoms with Gasteiger partial charge >= 0.3 is 0 Å². The van der Waals surface area contributed by atoms with Crippen molar-refractivity contribution in [2.75, 3.05) is 39.8 Å². The average molecular weight is 318 g/mol. The topological polar surface area (TPSA) is 35.9 Å². The van der Waals surface area contributed by atoms with Crippen LogP contribution < -0.4 is 4.74 Å². The summed E-state index contributed by atoms with van der Waals surface area (Å²) in [5.74, 6) is 0.924. The largest absolute Gasteiger partial charge is 0.497 e. The van der Waals surface area contributed by atoms with E-state index in [1.807, 2.05) is 12.1 Å². The first-order valence-corrected chi connectivity index (χ1v) is 9.03. The SMILES string of the molecule is COc1ccc(CCN2CCN([C@@H]3CCCC[C@H]3O)CC2)cc1. The Balaban J connectivity index is 1.42. The van der Waals surface area contributed by atoms with Gasteiger partial charge in [-0.2, -0.15) is 0 Å². The van der Waals surface area contributed by atoms with Crippen molar-refractivity contribution in [1.82, 2.24) is 9.80 Å². The predicted octanol–water partition coefficient (Wildman–Crippen LogP) is 2.16. The summed E-state index contributed by atoms with van der Waals surface area (Å²) >= 11 is 0. The number of benzene rings is 1. The van der Waals surface area contributed by atoms with Gasteiger partial charge in [0.1, 0.15) is 5.75 Å². The van der Waals surface area contributed by atoms with Crippen molar-refractivity contribution < 1.29 is 9.84 Å². The van der Waals surface area contributed by atoms with Gasteiger partial charge in [0, 0.05) is 38.8 Å². The Kier molecular flexibility index (Phi) is 5.92. The molecule has 1 saturated heterocycles. The molecule has 1 aliphatic carbocycles. The van der Waals surface area contributed by atoms with Gasteiger partial charge in [-0.1, -0.05) is 25.0 Å². The van der Waals surface area contributed by atoms with Gasteiger partial charge in [-0.15, -0.1) is 0 Å². The number of hydrogen-bond donors (Lipinski definition) is 1. The van der Waals surface area contributed by atoms with Crippen LogP contribution in [-0.4, -0.2) is 66.9 Å². The predicted molar refractivity (Wildman–Crippen MR) is 93.0 cm³/mol. The van der Waals surface area contributed by atoms with E-state index in [4.69, 9.17) is 4.74 Å². The highest BCUT2D eigenvalue weighted by Crippen LogP contribution is 2.24. The zero-order valence-electron chi connectivity index (χ0n) is 14.3. The third-order valence-electron chi connectivity index (χ3n) is 5.45. The molecule has 3 rings (SSSR count). The maximum Gasteiger partial charge on any atom is 0.118 e. The first-order valence-electron chi connectivity index (χ1n) is 9.03. The van der Waals surface area contributed by atoms with Crippen molar-refractivity contribution in [2.45, 2.75) is 44.2 Å². The van der Waals surface area contributed by atoms with Gasteiger partial charge in [-0.3, -0.25) is 4.90 Å². The van der Waals surface area contributed by atoms with Crippen LogP contribution in [0.3, 0.4) is 0 Å². The second-order valence-electron chi connectivity index (χ2n) is 6.89. The molecule has 2 fully saturated rings. The molecule has 128 valence electrons. The molecule has 1 N–H and O–H groups in total. The normalized spacial score (nSPS) is 27.0. The zero-order valence-corrected chi connectivity index (χ0v) is 14.3. The van der Waals surface area contributed by atoms with Crippen LogP contribution in [0.2, 0.25) is 0 Å². The zero-order chi connectivity index (χ0) is 16.1. The summed E-state index contributed by atoms with van der Waals surface area (Å²) in [7, 11) is 1.71. The monoisotopic (exact) mass is 318 g/mol. The fourth-order valence-electron chi connectivity index (χ4n) is 3.92. The third-order valence-corrected chi connectivity index (χ3v) is 5.45. The van der Waals surface area contributed by atoms with Gasteiger partial charge in [0.2, 0.25) is 0 Å². The quantitative estimate of drug-likeness (QED) is 0.902. The molecule has 0 spiro atoms. The Morgan fingerprint density at radius 3 is 2.39 bits per heavy atom. The minimum absolute atomic E-state index is 0.102.